The van der Waals surface area contributed by atoms with Crippen LogP contribution in [-0.4, -0.2) is 28.7 Å². The first-order chi connectivity index (χ1) is 10.5. The topological polar surface area (TPSA) is 97.3 Å². The predicted molar refractivity (Wildman–Crippen MR) is 85.7 cm³/mol. The molecule has 0 aliphatic carbocycles. The van der Waals surface area contributed by atoms with Crippen molar-refractivity contribution in [3.8, 4) is 0 Å². The van der Waals surface area contributed by atoms with Crippen LogP contribution in [0.25, 0.3) is 10.9 Å². The van der Waals surface area contributed by atoms with E-state index in [9.17, 15) is 14.7 Å². The summed E-state index contributed by atoms with van der Waals surface area (Å²) in [6, 6.07) is 3.94. The first-order valence-electron chi connectivity index (χ1n) is 7.42. The van der Waals surface area contributed by atoms with Crippen molar-refractivity contribution in [3.63, 3.8) is 0 Å². The summed E-state index contributed by atoms with van der Waals surface area (Å²) in [6.07, 6.45) is 3.28. The second kappa shape index (κ2) is 5.46. The maximum absolute atomic E-state index is 12.5. The number of hydrogen-bond acceptors (Lipinski definition) is 4. The van der Waals surface area contributed by atoms with Crippen molar-refractivity contribution in [1.82, 2.24) is 4.57 Å². The predicted octanol–water partition coefficient (Wildman–Crippen LogP) is 1.58. The van der Waals surface area contributed by atoms with Gasteiger partial charge in [-0.2, -0.15) is 0 Å². The minimum atomic E-state index is -1.18. The molecule has 22 heavy (non-hydrogen) atoms. The first kappa shape index (κ1) is 14.6. The molecule has 4 N–H and O–H groups in total. The second-order valence-corrected chi connectivity index (χ2v) is 5.72. The molecular formula is C16H19N3O3. The number of nitrogens with one attached hydrogen (secondary N) is 1. The number of benzene rings is 1. The van der Waals surface area contributed by atoms with Crippen LogP contribution in [0.3, 0.4) is 0 Å². The van der Waals surface area contributed by atoms with E-state index in [1.165, 1.54) is 6.20 Å². The fraction of sp³-hybridized carbons (Fsp3) is 0.375. The average Bonchev–Trinajstić information content (AvgIpc) is 2.50. The van der Waals surface area contributed by atoms with Crippen molar-refractivity contribution in [3.05, 3.63) is 39.7 Å². The lowest BCUT2D eigenvalue weighted by Crippen LogP contribution is -2.24. The highest BCUT2D eigenvalue weighted by Crippen LogP contribution is 2.32. The zero-order valence-electron chi connectivity index (χ0n) is 12.4. The number of carboxylic acid groups (broad SMARTS) is 1. The molecule has 6 heteroatoms. The maximum Gasteiger partial charge on any atom is 0.341 e. The van der Waals surface area contributed by atoms with Crippen molar-refractivity contribution in [2.75, 3.05) is 18.4 Å². The zero-order valence-corrected chi connectivity index (χ0v) is 12.4. The molecule has 3 rings (SSSR count). The summed E-state index contributed by atoms with van der Waals surface area (Å²) in [5.74, 6) is -1.18. The molecule has 1 atom stereocenters. The Kier molecular flexibility index (Phi) is 3.62. The first-order valence-corrected chi connectivity index (χ1v) is 7.42. The molecule has 1 aliphatic rings. The minimum Gasteiger partial charge on any atom is -0.477 e. The van der Waals surface area contributed by atoms with Gasteiger partial charge in [-0.15, -0.1) is 0 Å². The van der Waals surface area contributed by atoms with Gasteiger partial charge in [0.25, 0.3) is 0 Å². The molecule has 0 fully saturated rings. The fourth-order valence-corrected chi connectivity index (χ4v) is 3.09. The highest BCUT2D eigenvalue weighted by Gasteiger charge is 2.23. The number of hydrogen-bond donors (Lipinski definition) is 3. The van der Waals surface area contributed by atoms with Crippen molar-refractivity contribution in [2.24, 2.45) is 5.73 Å². The number of nitrogens with two attached hydrogens (primary N) is 1. The van der Waals surface area contributed by atoms with Gasteiger partial charge in [-0.25, -0.2) is 4.79 Å². The maximum atomic E-state index is 12.5. The summed E-state index contributed by atoms with van der Waals surface area (Å²) in [4.78, 5) is 23.9. The van der Waals surface area contributed by atoms with Crippen LogP contribution in [0.2, 0.25) is 0 Å². The molecule has 1 aliphatic heterocycles. The lowest BCUT2D eigenvalue weighted by molar-refractivity contribution is 0.0694. The SMILES string of the molecule is CC1CCc2cc(NCCN)cc3c(=O)c(C(=O)O)cn1c23. The van der Waals surface area contributed by atoms with Gasteiger partial charge in [0.2, 0.25) is 5.43 Å². The molecule has 0 saturated carbocycles. The Hall–Kier alpha value is -2.34. The molecule has 0 bridgehead atoms. The van der Waals surface area contributed by atoms with Crippen LogP contribution in [0.4, 0.5) is 5.69 Å². The van der Waals surface area contributed by atoms with Gasteiger partial charge in [0.05, 0.1) is 5.52 Å². The number of anilines is 1. The van der Waals surface area contributed by atoms with Crippen LogP contribution >= 0.6 is 0 Å². The van der Waals surface area contributed by atoms with Gasteiger partial charge in [0, 0.05) is 36.4 Å². The van der Waals surface area contributed by atoms with Crippen molar-refractivity contribution in [1.29, 1.82) is 0 Å². The fourth-order valence-electron chi connectivity index (χ4n) is 3.09. The lowest BCUT2D eigenvalue weighted by atomic mass is 9.95. The van der Waals surface area contributed by atoms with Crippen molar-refractivity contribution >= 4 is 22.6 Å². The number of rotatable bonds is 4. The zero-order chi connectivity index (χ0) is 15.9. The summed E-state index contributed by atoms with van der Waals surface area (Å²) < 4.78 is 1.92. The number of carboxylic acids is 1. The normalized spacial score (nSPS) is 16.7. The van der Waals surface area contributed by atoms with Crippen molar-refractivity contribution < 1.29 is 9.90 Å². The van der Waals surface area contributed by atoms with E-state index >= 15 is 0 Å². The van der Waals surface area contributed by atoms with Crippen LogP contribution in [0, 0.1) is 0 Å². The van der Waals surface area contributed by atoms with Gasteiger partial charge < -0.3 is 20.7 Å². The number of aromatic nitrogens is 1. The third kappa shape index (κ3) is 2.25. The van der Waals surface area contributed by atoms with Crippen LogP contribution in [0.5, 0.6) is 0 Å². The molecular weight excluding hydrogens is 282 g/mol. The Labute approximate surface area is 127 Å². The largest absolute Gasteiger partial charge is 0.477 e. The summed E-state index contributed by atoms with van der Waals surface area (Å²) in [5, 5.41) is 12.9. The van der Waals surface area contributed by atoms with E-state index in [1.54, 1.807) is 6.07 Å². The van der Waals surface area contributed by atoms with Gasteiger partial charge in [-0.05, 0) is 37.5 Å². The van der Waals surface area contributed by atoms with E-state index in [-0.39, 0.29) is 11.6 Å². The van der Waals surface area contributed by atoms with Gasteiger partial charge in [-0.1, -0.05) is 0 Å². The molecule has 2 heterocycles. The van der Waals surface area contributed by atoms with E-state index in [1.807, 2.05) is 17.6 Å². The number of pyridine rings is 1. The van der Waals surface area contributed by atoms with Gasteiger partial charge in [-0.3, -0.25) is 4.79 Å². The Morgan fingerprint density at radius 3 is 2.95 bits per heavy atom. The van der Waals surface area contributed by atoms with E-state index in [0.717, 1.165) is 29.6 Å². The van der Waals surface area contributed by atoms with Gasteiger partial charge in [0.1, 0.15) is 5.56 Å². The number of aryl methyl sites for hydroxylation is 1. The molecule has 0 amide bonds. The number of nitrogens with zero attached hydrogens (tertiary/aromatic N) is 1. The van der Waals surface area contributed by atoms with Crippen LogP contribution in [-0.2, 0) is 6.42 Å². The second-order valence-electron chi connectivity index (χ2n) is 5.72. The molecule has 2 aromatic rings. The molecule has 0 spiro atoms. The van der Waals surface area contributed by atoms with Crippen LogP contribution in [0.15, 0.2) is 23.1 Å². The summed E-state index contributed by atoms with van der Waals surface area (Å²) in [7, 11) is 0. The molecule has 116 valence electrons. The Morgan fingerprint density at radius 1 is 1.50 bits per heavy atom. The van der Waals surface area contributed by atoms with E-state index in [0.29, 0.717) is 18.5 Å². The van der Waals surface area contributed by atoms with E-state index in [4.69, 9.17) is 5.73 Å². The molecule has 1 aromatic carbocycles. The highest BCUT2D eigenvalue weighted by molar-refractivity contribution is 5.95. The van der Waals surface area contributed by atoms with Crippen LogP contribution < -0.4 is 16.5 Å². The van der Waals surface area contributed by atoms with Crippen LogP contribution in [0.1, 0.15) is 35.3 Å². The molecule has 6 nitrogen and oxygen atoms in total. The molecule has 1 unspecified atom stereocenters. The molecule has 0 saturated heterocycles. The third-order valence-electron chi connectivity index (χ3n) is 4.21. The molecule has 1 aromatic heterocycles. The third-order valence-corrected chi connectivity index (χ3v) is 4.21. The minimum absolute atomic E-state index is 0.177. The lowest BCUT2D eigenvalue weighted by Gasteiger charge is -2.27. The van der Waals surface area contributed by atoms with Gasteiger partial charge >= 0.3 is 5.97 Å². The Morgan fingerprint density at radius 2 is 2.27 bits per heavy atom. The quantitative estimate of drug-likeness (QED) is 0.796. The Bertz CT molecular complexity index is 810. The summed E-state index contributed by atoms with van der Waals surface area (Å²) in [6.45, 7) is 3.14. The van der Waals surface area contributed by atoms with E-state index < -0.39 is 11.4 Å². The number of aromatic carboxylic acids is 1. The Balaban J connectivity index is 2.33. The summed E-state index contributed by atoms with van der Waals surface area (Å²) in [5.41, 5.74) is 7.64. The number of carbonyl (C=O) groups is 1. The van der Waals surface area contributed by atoms with E-state index in [2.05, 4.69) is 5.32 Å². The standard InChI is InChI=1S/C16H19N3O3/c1-9-2-3-10-6-11(18-5-4-17)7-12-14(10)19(9)8-13(15(12)20)16(21)22/h6-9,18H,2-5,17H2,1H3,(H,21,22). The molecule has 0 radical (unpaired) electrons. The van der Waals surface area contributed by atoms with Gasteiger partial charge in [0.15, 0.2) is 0 Å². The average molecular weight is 301 g/mol. The van der Waals surface area contributed by atoms with Crippen molar-refractivity contribution in [2.45, 2.75) is 25.8 Å². The highest BCUT2D eigenvalue weighted by atomic mass is 16.4. The summed E-state index contributed by atoms with van der Waals surface area (Å²) >= 11 is 0. The smallest absolute Gasteiger partial charge is 0.341 e. The monoisotopic (exact) mass is 301 g/mol.